The number of thiazole rings is 1. The Morgan fingerprint density at radius 2 is 2.10 bits per heavy atom. The Bertz CT molecular complexity index is 715. The van der Waals surface area contributed by atoms with Crippen molar-refractivity contribution in [3.8, 4) is 0 Å². The average Bonchev–Trinajstić information content (AvgIpc) is 2.80. The van der Waals surface area contributed by atoms with Crippen molar-refractivity contribution in [3.63, 3.8) is 0 Å². The summed E-state index contributed by atoms with van der Waals surface area (Å²) in [5.74, 6) is -4.23. The summed E-state index contributed by atoms with van der Waals surface area (Å²) in [6.07, 6.45) is 0. The predicted octanol–water partition coefficient (Wildman–Crippen LogP) is 2.36. The topological polar surface area (TPSA) is 79.3 Å². The molecule has 0 saturated heterocycles. The molecule has 1 aromatic carbocycles. The Morgan fingerprint density at radius 3 is 2.71 bits per heavy atom. The van der Waals surface area contributed by atoms with Crippen LogP contribution in [0.2, 0.25) is 0 Å². The van der Waals surface area contributed by atoms with Crippen molar-refractivity contribution in [2.45, 2.75) is 13.5 Å². The maximum atomic E-state index is 13.4. The Morgan fingerprint density at radius 1 is 1.38 bits per heavy atom. The Kier molecular flexibility index (Phi) is 4.27. The third kappa shape index (κ3) is 3.22. The lowest BCUT2D eigenvalue weighted by Gasteiger charge is -2.04. The van der Waals surface area contributed by atoms with E-state index < -0.39 is 29.1 Å². The van der Waals surface area contributed by atoms with Gasteiger partial charge in [0.2, 0.25) is 0 Å². The maximum absolute atomic E-state index is 13.4. The minimum absolute atomic E-state index is 0.0619. The fourth-order valence-corrected chi connectivity index (χ4v) is 2.50. The lowest BCUT2D eigenvalue weighted by atomic mass is 10.2. The summed E-state index contributed by atoms with van der Waals surface area (Å²) in [6, 6.07) is 3.29. The average molecular weight is 312 g/mol. The van der Waals surface area contributed by atoms with Crippen molar-refractivity contribution in [2.24, 2.45) is 0 Å². The van der Waals surface area contributed by atoms with Crippen molar-refractivity contribution in [1.29, 1.82) is 0 Å². The molecule has 0 bridgehead atoms. The van der Waals surface area contributed by atoms with Gasteiger partial charge in [0.1, 0.15) is 9.88 Å². The van der Waals surface area contributed by atoms with Crippen LogP contribution in [0.4, 0.5) is 8.78 Å². The fourth-order valence-electron chi connectivity index (χ4n) is 1.66. The van der Waals surface area contributed by atoms with Crippen LogP contribution in [0.25, 0.3) is 0 Å². The van der Waals surface area contributed by atoms with Crippen LogP contribution in [0, 0.1) is 18.6 Å². The van der Waals surface area contributed by atoms with E-state index in [0.29, 0.717) is 10.7 Å². The maximum Gasteiger partial charge on any atom is 0.347 e. The highest BCUT2D eigenvalue weighted by Gasteiger charge is 2.17. The van der Waals surface area contributed by atoms with E-state index in [-0.39, 0.29) is 11.4 Å². The van der Waals surface area contributed by atoms with E-state index in [4.69, 9.17) is 5.11 Å². The number of nitrogens with zero attached hydrogens (tertiary/aromatic N) is 1. The first-order valence-corrected chi connectivity index (χ1v) is 6.63. The number of carboxylic acids is 1. The molecule has 0 aliphatic carbocycles. The Labute approximate surface area is 122 Å². The SMILES string of the molecule is Cc1nc(CNC(=O)c2cccc(F)c2F)sc1C(=O)O. The zero-order valence-electron chi connectivity index (χ0n) is 10.8. The van der Waals surface area contributed by atoms with E-state index >= 15 is 0 Å². The second-order valence-corrected chi connectivity index (χ2v) is 5.19. The van der Waals surface area contributed by atoms with Gasteiger partial charge in [0, 0.05) is 0 Å². The summed E-state index contributed by atoms with van der Waals surface area (Å²) < 4.78 is 26.4. The van der Waals surface area contributed by atoms with Crippen LogP contribution in [0.5, 0.6) is 0 Å². The number of aromatic carboxylic acids is 1. The number of benzene rings is 1. The molecule has 0 spiro atoms. The van der Waals surface area contributed by atoms with E-state index in [2.05, 4.69) is 10.3 Å². The van der Waals surface area contributed by atoms with Crippen molar-refractivity contribution in [2.75, 3.05) is 0 Å². The van der Waals surface area contributed by atoms with Crippen LogP contribution in [0.3, 0.4) is 0 Å². The molecule has 0 fully saturated rings. The second-order valence-electron chi connectivity index (χ2n) is 4.11. The summed E-state index contributed by atoms with van der Waals surface area (Å²) in [4.78, 5) is 26.7. The zero-order valence-corrected chi connectivity index (χ0v) is 11.6. The number of hydrogen-bond donors (Lipinski definition) is 2. The van der Waals surface area contributed by atoms with Crippen LogP contribution >= 0.6 is 11.3 Å². The minimum Gasteiger partial charge on any atom is -0.477 e. The number of amides is 1. The monoisotopic (exact) mass is 312 g/mol. The third-order valence-corrected chi connectivity index (χ3v) is 3.78. The van der Waals surface area contributed by atoms with E-state index in [9.17, 15) is 18.4 Å². The summed E-state index contributed by atoms with van der Waals surface area (Å²) in [5, 5.41) is 11.6. The minimum atomic E-state index is -1.23. The van der Waals surface area contributed by atoms with Gasteiger partial charge in [-0.05, 0) is 19.1 Å². The van der Waals surface area contributed by atoms with Gasteiger partial charge in [-0.1, -0.05) is 6.07 Å². The highest BCUT2D eigenvalue weighted by molar-refractivity contribution is 7.13. The number of halogens is 2. The first-order chi connectivity index (χ1) is 9.90. The van der Waals surface area contributed by atoms with Gasteiger partial charge in [-0.2, -0.15) is 0 Å². The van der Waals surface area contributed by atoms with Gasteiger partial charge in [-0.3, -0.25) is 4.79 Å². The number of carbonyl (C=O) groups is 2. The highest BCUT2D eigenvalue weighted by Crippen LogP contribution is 2.18. The van der Waals surface area contributed by atoms with Crippen molar-refractivity contribution >= 4 is 23.2 Å². The summed E-state index contributed by atoms with van der Waals surface area (Å²) >= 11 is 0.919. The summed E-state index contributed by atoms with van der Waals surface area (Å²) in [5.41, 5.74) is -0.0737. The normalized spacial score (nSPS) is 10.4. The lowest BCUT2D eigenvalue weighted by Crippen LogP contribution is -2.24. The molecular weight excluding hydrogens is 302 g/mol. The number of aromatic nitrogens is 1. The Hall–Kier alpha value is -2.35. The fraction of sp³-hybridized carbons (Fsp3) is 0.154. The smallest absolute Gasteiger partial charge is 0.347 e. The zero-order chi connectivity index (χ0) is 15.6. The number of aryl methyl sites for hydroxylation is 1. The molecule has 0 atom stereocenters. The lowest BCUT2D eigenvalue weighted by molar-refractivity contribution is 0.0701. The second kappa shape index (κ2) is 5.96. The molecular formula is C13H10F2N2O3S. The van der Waals surface area contributed by atoms with Crippen molar-refractivity contribution < 1.29 is 23.5 Å². The largest absolute Gasteiger partial charge is 0.477 e. The van der Waals surface area contributed by atoms with Gasteiger partial charge in [0.15, 0.2) is 11.6 Å². The number of carbonyl (C=O) groups excluding carboxylic acids is 1. The van der Waals surface area contributed by atoms with Crippen LogP contribution in [0.15, 0.2) is 18.2 Å². The molecule has 1 amide bonds. The van der Waals surface area contributed by atoms with Gasteiger partial charge in [-0.15, -0.1) is 11.3 Å². The summed E-state index contributed by atoms with van der Waals surface area (Å²) in [6.45, 7) is 1.48. The van der Waals surface area contributed by atoms with Crippen molar-refractivity contribution in [1.82, 2.24) is 10.3 Å². The van der Waals surface area contributed by atoms with Crippen LogP contribution in [-0.2, 0) is 6.54 Å². The molecule has 2 aromatic rings. The van der Waals surface area contributed by atoms with Crippen LogP contribution in [0.1, 0.15) is 30.7 Å². The molecule has 2 rings (SSSR count). The summed E-state index contributed by atoms with van der Waals surface area (Å²) in [7, 11) is 0. The van der Waals surface area contributed by atoms with E-state index in [1.54, 1.807) is 0 Å². The molecule has 5 nitrogen and oxygen atoms in total. The van der Waals surface area contributed by atoms with E-state index in [0.717, 1.165) is 23.5 Å². The Balaban J connectivity index is 2.09. The van der Waals surface area contributed by atoms with E-state index in [1.807, 2.05) is 0 Å². The molecule has 0 saturated carbocycles. The number of rotatable bonds is 4. The number of carboxylic acid groups (broad SMARTS) is 1. The quantitative estimate of drug-likeness (QED) is 0.908. The van der Waals surface area contributed by atoms with Gasteiger partial charge in [-0.25, -0.2) is 18.6 Å². The standard InChI is InChI=1S/C13H10F2N2O3S/c1-6-11(13(19)20)21-9(17-6)5-16-12(18)7-3-2-4-8(14)10(7)15/h2-4H,5H2,1H3,(H,16,18)(H,19,20). The first-order valence-electron chi connectivity index (χ1n) is 5.82. The first kappa shape index (κ1) is 15.0. The van der Waals surface area contributed by atoms with Gasteiger partial charge in [0.05, 0.1) is 17.8 Å². The molecule has 0 unspecified atom stereocenters. The molecule has 0 aliphatic heterocycles. The number of hydrogen-bond acceptors (Lipinski definition) is 4. The van der Waals surface area contributed by atoms with Gasteiger partial charge >= 0.3 is 5.97 Å². The predicted molar refractivity (Wildman–Crippen MR) is 71.3 cm³/mol. The molecule has 8 heteroatoms. The van der Waals surface area contributed by atoms with E-state index in [1.165, 1.54) is 13.0 Å². The number of nitrogens with one attached hydrogen (secondary N) is 1. The molecule has 1 heterocycles. The molecule has 2 N–H and O–H groups in total. The van der Waals surface area contributed by atoms with Crippen LogP contribution in [-0.4, -0.2) is 22.0 Å². The van der Waals surface area contributed by atoms with Crippen molar-refractivity contribution in [3.05, 3.63) is 51.0 Å². The molecule has 110 valence electrons. The van der Waals surface area contributed by atoms with Crippen LogP contribution < -0.4 is 5.32 Å². The van der Waals surface area contributed by atoms with Gasteiger partial charge in [0.25, 0.3) is 5.91 Å². The van der Waals surface area contributed by atoms with Gasteiger partial charge < -0.3 is 10.4 Å². The molecule has 0 radical (unpaired) electrons. The molecule has 21 heavy (non-hydrogen) atoms. The molecule has 0 aliphatic rings. The third-order valence-electron chi connectivity index (χ3n) is 2.63. The molecule has 1 aromatic heterocycles. The highest BCUT2D eigenvalue weighted by atomic mass is 32.1.